The van der Waals surface area contributed by atoms with Crippen molar-refractivity contribution in [1.29, 1.82) is 0 Å². The molecular weight excluding hydrogens is 310 g/mol. The summed E-state index contributed by atoms with van der Waals surface area (Å²) in [5, 5.41) is 32.8. The van der Waals surface area contributed by atoms with Crippen LogP contribution in [-0.4, -0.2) is 47.1 Å². The maximum absolute atomic E-state index is 12.4. The fraction of sp³-hybridized carbons (Fsp3) is 0.389. The molecule has 1 heterocycles. The number of aliphatic hydroxyl groups is 2. The molecule has 0 aliphatic carbocycles. The minimum Gasteiger partial charge on any atom is -0.507 e. The molecule has 4 N–H and O–H groups in total. The summed E-state index contributed by atoms with van der Waals surface area (Å²) in [6.07, 6.45) is 4.82. The van der Waals surface area contributed by atoms with Gasteiger partial charge < -0.3 is 25.4 Å². The van der Waals surface area contributed by atoms with Gasteiger partial charge in [0.25, 0.3) is 5.91 Å². The Labute approximate surface area is 141 Å². The number of phenolic OH excluding ortho intramolecular Hbond substituents is 1. The van der Waals surface area contributed by atoms with E-state index in [0.717, 1.165) is 0 Å². The summed E-state index contributed by atoms with van der Waals surface area (Å²) in [6, 6.07) is 3.02. The van der Waals surface area contributed by atoms with E-state index in [4.69, 9.17) is 4.74 Å². The predicted molar refractivity (Wildman–Crippen MR) is 91.0 cm³/mol. The second-order valence-corrected chi connectivity index (χ2v) is 5.88. The Balaban J connectivity index is 2.43. The maximum Gasteiger partial charge on any atom is 0.255 e. The number of fused-ring (bicyclic) bond motifs is 1. The van der Waals surface area contributed by atoms with E-state index in [1.165, 1.54) is 19.3 Å². The number of carbonyl (C=O) groups excluding carboxylic acids is 1. The molecule has 0 bridgehead atoms. The molecule has 0 saturated carbocycles. The summed E-state index contributed by atoms with van der Waals surface area (Å²) >= 11 is 0. The monoisotopic (exact) mass is 333 g/mol. The second-order valence-electron chi connectivity index (χ2n) is 5.88. The highest BCUT2D eigenvalue weighted by Crippen LogP contribution is 2.29. The van der Waals surface area contributed by atoms with Crippen molar-refractivity contribution in [1.82, 2.24) is 5.32 Å². The molecule has 0 aromatic heterocycles. The van der Waals surface area contributed by atoms with Crippen LogP contribution in [0.3, 0.4) is 0 Å². The van der Waals surface area contributed by atoms with Crippen LogP contribution in [0.4, 0.5) is 0 Å². The van der Waals surface area contributed by atoms with E-state index in [-0.39, 0.29) is 23.7 Å². The third-order valence-corrected chi connectivity index (χ3v) is 3.87. The molecule has 1 aliphatic heterocycles. The van der Waals surface area contributed by atoms with Gasteiger partial charge in [0.15, 0.2) is 0 Å². The number of benzene rings is 1. The van der Waals surface area contributed by atoms with Crippen LogP contribution >= 0.6 is 0 Å². The molecule has 130 valence electrons. The van der Waals surface area contributed by atoms with Gasteiger partial charge >= 0.3 is 0 Å². The molecule has 1 amide bonds. The topological polar surface area (TPSA) is 99.0 Å². The molecule has 1 aromatic rings. The van der Waals surface area contributed by atoms with Crippen LogP contribution in [-0.2, 0) is 0 Å². The van der Waals surface area contributed by atoms with Crippen molar-refractivity contribution in [3.8, 4) is 11.5 Å². The zero-order chi connectivity index (χ0) is 17.7. The molecular formula is C18H23NO5. The fourth-order valence-electron chi connectivity index (χ4n) is 2.43. The molecule has 0 unspecified atom stereocenters. The van der Waals surface area contributed by atoms with Gasteiger partial charge in [0.05, 0.1) is 24.9 Å². The number of hydrogen-bond donors (Lipinski definition) is 4. The Morgan fingerprint density at radius 2 is 2.00 bits per heavy atom. The average molecular weight is 333 g/mol. The van der Waals surface area contributed by atoms with Crippen molar-refractivity contribution < 1.29 is 24.9 Å². The first-order chi connectivity index (χ1) is 11.4. The Hall–Kier alpha value is -2.31. The number of aromatic hydroxyl groups is 1. The van der Waals surface area contributed by atoms with Crippen molar-refractivity contribution >= 4 is 12.0 Å². The van der Waals surface area contributed by atoms with Gasteiger partial charge in [-0.15, -0.1) is 0 Å². The van der Waals surface area contributed by atoms with Gasteiger partial charge in [-0.2, -0.15) is 0 Å². The Morgan fingerprint density at radius 3 is 2.71 bits per heavy atom. The molecule has 3 atom stereocenters. The van der Waals surface area contributed by atoms with Crippen LogP contribution in [0.25, 0.3) is 6.08 Å². The molecule has 0 radical (unpaired) electrons. The van der Waals surface area contributed by atoms with E-state index in [9.17, 15) is 20.1 Å². The van der Waals surface area contributed by atoms with Gasteiger partial charge in [-0.3, -0.25) is 4.79 Å². The van der Waals surface area contributed by atoms with Crippen molar-refractivity contribution in [2.45, 2.75) is 25.6 Å². The summed E-state index contributed by atoms with van der Waals surface area (Å²) < 4.78 is 5.12. The second kappa shape index (κ2) is 7.99. The zero-order valence-corrected chi connectivity index (χ0v) is 13.8. The number of rotatable bonds is 1. The maximum atomic E-state index is 12.4. The number of aliphatic hydroxyl groups excluding tert-OH is 2. The highest BCUT2D eigenvalue weighted by Gasteiger charge is 2.18. The van der Waals surface area contributed by atoms with Crippen LogP contribution in [0.15, 0.2) is 30.4 Å². The van der Waals surface area contributed by atoms with Gasteiger partial charge in [0, 0.05) is 12.6 Å². The summed E-state index contributed by atoms with van der Waals surface area (Å²) in [7, 11) is 1.47. The van der Waals surface area contributed by atoms with Crippen LogP contribution in [0.5, 0.6) is 11.5 Å². The average Bonchev–Trinajstić information content (AvgIpc) is 2.56. The quantitative estimate of drug-likeness (QED) is 0.583. The van der Waals surface area contributed by atoms with Crippen molar-refractivity contribution in [3.05, 3.63) is 41.5 Å². The van der Waals surface area contributed by atoms with E-state index in [2.05, 4.69) is 5.32 Å². The van der Waals surface area contributed by atoms with Gasteiger partial charge in [0.1, 0.15) is 11.5 Å². The molecule has 24 heavy (non-hydrogen) atoms. The lowest BCUT2D eigenvalue weighted by molar-refractivity contribution is 0.0509. The van der Waals surface area contributed by atoms with Crippen molar-refractivity contribution in [2.24, 2.45) is 5.92 Å². The van der Waals surface area contributed by atoms with E-state index in [1.54, 1.807) is 24.3 Å². The molecule has 0 fully saturated rings. The molecule has 0 saturated heterocycles. The molecule has 6 heteroatoms. The lowest BCUT2D eigenvalue weighted by Gasteiger charge is -2.13. The summed E-state index contributed by atoms with van der Waals surface area (Å²) in [6.45, 7) is 2.22. The number of phenols is 1. The third-order valence-electron chi connectivity index (χ3n) is 3.87. The lowest BCUT2D eigenvalue weighted by atomic mass is 10.0. The van der Waals surface area contributed by atoms with Crippen LogP contribution < -0.4 is 10.1 Å². The van der Waals surface area contributed by atoms with Crippen LogP contribution in [0.2, 0.25) is 0 Å². The summed E-state index contributed by atoms with van der Waals surface area (Å²) in [5.74, 6) is -0.183. The highest BCUT2D eigenvalue weighted by atomic mass is 16.5. The van der Waals surface area contributed by atoms with E-state index in [1.807, 2.05) is 6.92 Å². The SMILES string of the molecule is COc1cc(O)c2c(c1)/C=C/C[C@H](O)[C@H](O)/C=C\[C@@H](C)CNC2=O. The molecule has 1 aliphatic rings. The highest BCUT2D eigenvalue weighted by molar-refractivity contribution is 6.00. The van der Waals surface area contributed by atoms with Crippen LogP contribution in [0.1, 0.15) is 29.3 Å². The Kier molecular flexibility index (Phi) is 6.00. The van der Waals surface area contributed by atoms with Crippen molar-refractivity contribution in [3.63, 3.8) is 0 Å². The largest absolute Gasteiger partial charge is 0.507 e. The predicted octanol–water partition coefficient (Wildman–Crippen LogP) is 1.46. The summed E-state index contributed by atoms with van der Waals surface area (Å²) in [5.41, 5.74) is 0.628. The van der Waals surface area contributed by atoms with E-state index in [0.29, 0.717) is 17.9 Å². The van der Waals surface area contributed by atoms with Gasteiger partial charge in [0.2, 0.25) is 0 Å². The molecule has 1 aromatic carbocycles. The number of carbonyl (C=O) groups is 1. The Morgan fingerprint density at radius 1 is 1.25 bits per heavy atom. The standard InChI is InChI=1S/C18H23NO5/c1-11-6-7-15(21)14(20)5-3-4-12-8-13(24-2)9-16(22)17(12)18(23)19-10-11/h3-4,6-9,11,14-15,20-22H,5,10H2,1-2H3,(H,19,23)/b4-3+,7-6-/t11-,14+,15-/m1/s1. The number of hydrogen-bond acceptors (Lipinski definition) is 5. The minimum absolute atomic E-state index is 0.0339. The molecule has 0 spiro atoms. The minimum atomic E-state index is -0.980. The van der Waals surface area contributed by atoms with E-state index >= 15 is 0 Å². The van der Waals surface area contributed by atoms with Crippen molar-refractivity contribution in [2.75, 3.05) is 13.7 Å². The first-order valence-corrected chi connectivity index (χ1v) is 7.82. The zero-order valence-electron chi connectivity index (χ0n) is 13.8. The smallest absolute Gasteiger partial charge is 0.255 e. The number of amides is 1. The normalized spacial score (nSPS) is 27.7. The first-order valence-electron chi connectivity index (χ1n) is 7.82. The van der Waals surface area contributed by atoms with Gasteiger partial charge in [-0.25, -0.2) is 0 Å². The molecule has 2 rings (SSSR count). The van der Waals surface area contributed by atoms with E-state index < -0.39 is 18.1 Å². The number of ether oxygens (including phenoxy) is 1. The van der Waals surface area contributed by atoms with Gasteiger partial charge in [-0.05, 0) is 24.0 Å². The first kappa shape index (κ1) is 18.0. The van der Waals surface area contributed by atoms with Gasteiger partial charge in [-0.1, -0.05) is 31.2 Å². The van der Waals surface area contributed by atoms with Crippen LogP contribution in [0, 0.1) is 5.92 Å². The third kappa shape index (κ3) is 4.37. The number of methoxy groups -OCH3 is 1. The fourth-order valence-corrected chi connectivity index (χ4v) is 2.43. The number of nitrogens with one attached hydrogen (secondary N) is 1. The molecule has 6 nitrogen and oxygen atoms in total. The Bertz CT molecular complexity index is 653. The summed E-state index contributed by atoms with van der Waals surface area (Å²) in [4.78, 5) is 12.4. The lowest BCUT2D eigenvalue weighted by Crippen LogP contribution is -2.28.